The Hall–Kier alpha value is -3.92. The van der Waals surface area contributed by atoms with Crippen LogP contribution in [-0.4, -0.2) is 20.9 Å². The van der Waals surface area contributed by atoms with Crippen LogP contribution in [0.5, 0.6) is 0 Å². The van der Waals surface area contributed by atoms with Crippen LogP contribution >= 0.6 is 11.3 Å². The first-order chi connectivity index (χ1) is 15.4. The average Bonchev–Trinajstić information content (AvgIpc) is 3.38. The molecule has 0 fully saturated rings. The number of thiazole rings is 1. The van der Waals surface area contributed by atoms with E-state index in [9.17, 15) is 18.0 Å². The summed E-state index contributed by atoms with van der Waals surface area (Å²) in [6.45, 7) is 0. The number of fused-ring (bicyclic) bond motifs is 2. The van der Waals surface area contributed by atoms with Crippen molar-refractivity contribution < 1.29 is 18.0 Å². The van der Waals surface area contributed by atoms with Crippen LogP contribution in [0.1, 0.15) is 15.9 Å². The van der Waals surface area contributed by atoms with Crippen molar-refractivity contribution in [2.45, 2.75) is 6.18 Å². The number of imidazole rings is 1. The molecule has 0 atom stereocenters. The number of hydrogen-bond acceptors (Lipinski definition) is 5. The predicted molar refractivity (Wildman–Crippen MR) is 118 cm³/mol. The zero-order chi connectivity index (χ0) is 22.3. The van der Waals surface area contributed by atoms with Gasteiger partial charge in [0.05, 0.1) is 38.0 Å². The fourth-order valence-electron chi connectivity index (χ4n) is 3.31. The quantitative estimate of drug-likeness (QED) is 0.303. The second-order valence-electron chi connectivity index (χ2n) is 6.97. The first-order valence-corrected chi connectivity index (χ1v) is 10.3. The molecule has 32 heavy (non-hydrogen) atoms. The molecule has 3 N–H and O–H groups in total. The van der Waals surface area contributed by atoms with Crippen LogP contribution in [0.15, 0.2) is 66.2 Å². The Kier molecular flexibility index (Phi) is 4.78. The number of para-hydroxylation sites is 1. The largest absolute Gasteiger partial charge is 0.418 e. The number of nitrogens with one attached hydrogen (secondary N) is 3. The van der Waals surface area contributed by atoms with Crippen molar-refractivity contribution in [1.82, 2.24) is 15.0 Å². The van der Waals surface area contributed by atoms with Crippen LogP contribution < -0.4 is 10.6 Å². The highest BCUT2D eigenvalue weighted by molar-refractivity contribution is 7.16. The third-order valence-corrected chi connectivity index (χ3v) is 5.61. The highest BCUT2D eigenvalue weighted by atomic mass is 32.1. The van der Waals surface area contributed by atoms with E-state index in [2.05, 4.69) is 25.6 Å². The van der Waals surface area contributed by atoms with Gasteiger partial charge in [-0.15, -0.1) is 11.3 Å². The number of benzene rings is 3. The zero-order valence-electron chi connectivity index (χ0n) is 16.2. The van der Waals surface area contributed by atoms with E-state index in [1.165, 1.54) is 29.5 Å². The SMILES string of the molecule is O=C(Nc1ccc2ncsc2c1)c1ccc2nc(Nc3ccccc3C(F)(F)F)[nH]c2c1. The number of aromatic amines is 1. The summed E-state index contributed by atoms with van der Waals surface area (Å²) in [6, 6.07) is 15.4. The van der Waals surface area contributed by atoms with Crippen molar-refractivity contribution >= 4 is 55.8 Å². The van der Waals surface area contributed by atoms with E-state index < -0.39 is 11.7 Å². The summed E-state index contributed by atoms with van der Waals surface area (Å²) in [5.74, 6) is -0.174. The summed E-state index contributed by atoms with van der Waals surface area (Å²) in [4.78, 5) is 24.1. The second-order valence-corrected chi connectivity index (χ2v) is 7.86. The van der Waals surface area contributed by atoms with Crippen LogP contribution in [-0.2, 0) is 6.18 Å². The topological polar surface area (TPSA) is 82.7 Å². The van der Waals surface area contributed by atoms with Gasteiger partial charge in [0.25, 0.3) is 5.91 Å². The van der Waals surface area contributed by atoms with Gasteiger partial charge in [-0.25, -0.2) is 9.97 Å². The number of carbonyl (C=O) groups excluding carboxylic acids is 1. The van der Waals surface area contributed by atoms with E-state index in [1.54, 1.807) is 29.8 Å². The van der Waals surface area contributed by atoms with Crippen molar-refractivity contribution in [3.63, 3.8) is 0 Å². The molecule has 10 heteroatoms. The molecule has 0 saturated carbocycles. The Morgan fingerprint density at radius 2 is 1.81 bits per heavy atom. The molecule has 0 bridgehead atoms. The minimum atomic E-state index is -4.50. The number of aromatic nitrogens is 3. The normalized spacial score (nSPS) is 11.7. The lowest BCUT2D eigenvalue weighted by Gasteiger charge is -2.12. The highest BCUT2D eigenvalue weighted by Gasteiger charge is 2.33. The van der Waals surface area contributed by atoms with Crippen LogP contribution in [0.3, 0.4) is 0 Å². The number of alkyl halides is 3. The highest BCUT2D eigenvalue weighted by Crippen LogP contribution is 2.35. The molecular weight excluding hydrogens is 439 g/mol. The van der Waals surface area contributed by atoms with E-state index in [1.807, 2.05) is 12.1 Å². The number of nitrogens with zero attached hydrogens (tertiary/aromatic N) is 2. The van der Waals surface area contributed by atoms with Crippen LogP contribution in [0.25, 0.3) is 21.3 Å². The predicted octanol–water partition coefficient (Wildman–Crippen LogP) is 6.19. The number of carbonyl (C=O) groups is 1. The van der Waals surface area contributed by atoms with Crippen molar-refractivity contribution in [2.24, 2.45) is 0 Å². The van der Waals surface area contributed by atoms with Gasteiger partial charge in [-0.1, -0.05) is 12.1 Å². The van der Waals surface area contributed by atoms with Gasteiger partial charge in [-0.2, -0.15) is 13.2 Å². The molecule has 5 rings (SSSR count). The number of amides is 1. The maximum Gasteiger partial charge on any atom is 0.418 e. The zero-order valence-corrected chi connectivity index (χ0v) is 17.0. The second kappa shape index (κ2) is 7.65. The lowest BCUT2D eigenvalue weighted by molar-refractivity contribution is -0.136. The van der Waals surface area contributed by atoms with Crippen molar-refractivity contribution in [1.29, 1.82) is 0 Å². The number of rotatable bonds is 4. The molecule has 2 aromatic heterocycles. The summed E-state index contributed by atoms with van der Waals surface area (Å²) in [6.07, 6.45) is -4.50. The summed E-state index contributed by atoms with van der Waals surface area (Å²) in [7, 11) is 0. The molecule has 5 aromatic rings. The molecular formula is C22H14F3N5OS. The maximum atomic E-state index is 13.2. The molecule has 1 amide bonds. The van der Waals surface area contributed by atoms with Gasteiger partial charge < -0.3 is 15.6 Å². The van der Waals surface area contributed by atoms with Gasteiger partial charge in [-0.05, 0) is 48.5 Å². The molecule has 0 unspecified atom stereocenters. The summed E-state index contributed by atoms with van der Waals surface area (Å²) >= 11 is 1.48. The smallest absolute Gasteiger partial charge is 0.325 e. The van der Waals surface area contributed by atoms with Gasteiger partial charge >= 0.3 is 6.18 Å². The van der Waals surface area contributed by atoms with Gasteiger partial charge in [0, 0.05) is 11.3 Å². The molecule has 3 aromatic carbocycles. The van der Waals surface area contributed by atoms with Crippen molar-refractivity contribution in [3.8, 4) is 0 Å². The fraction of sp³-hybridized carbons (Fsp3) is 0.0455. The Labute approximate surface area is 183 Å². The van der Waals surface area contributed by atoms with Gasteiger partial charge in [0.1, 0.15) is 0 Å². The van der Waals surface area contributed by atoms with Gasteiger partial charge in [-0.3, -0.25) is 4.79 Å². The van der Waals surface area contributed by atoms with E-state index in [0.29, 0.717) is 22.3 Å². The third-order valence-electron chi connectivity index (χ3n) is 4.82. The monoisotopic (exact) mass is 453 g/mol. The molecule has 0 aliphatic carbocycles. The molecule has 0 aliphatic rings. The Morgan fingerprint density at radius 3 is 2.66 bits per heavy atom. The average molecular weight is 453 g/mol. The minimum Gasteiger partial charge on any atom is -0.325 e. The summed E-state index contributed by atoms with van der Waals surface area (Å²) in [5, 5.41) is 5.52. The van der Waals surface area contributed by atoms with E-state index >= 15 is 0 Å². The van der Waals surface area contributed by atoms with E-state index in [0.717, 1.165) is 16.3 Å². The number of H-pyrrole nitrogens is 1. The standard InChI is InChI=1S/C22H14F3N5OS/c23-22(24,25)14-3-1-2-4-15(14)28-21-29-16-7-5-12(9-18(16)30-21)20(31)27-13-6-8-17-19(10-13)32-11-26-17/h1-11H,(H,27,31)(H2,28,29,30). The molecule has 0 radical (unpaired) electrons. The Morgan fingerprint density at radius 1 is 1.00 bits per heavy atom. The van der Waals surface area contributed by atoms with Gasteiger partial charge in [0.15, 0.2) is 0 Å². The lowest BCUT2D eigenvalue weighted by Crippen LogP contribution is -2.11. The third kappa shape index (κ3) is 3.87. The van der Waals surface area contributed by atoms with E-state index in [-0.39, 0.29) is 17.5 Å². The minimum absolute atomic E-state index is 0.115. The van der Waals surface area contributed by atoms with Crippen LogP contribution in [0.2, 0.25) is 0 Å². The lowest BCUT2D eigenvalue weighted by atomic mass is 10.1. The van der Waals surface area contributed by atoms with Crippen LogP contribution in [0.4, 0.5) is 30.5 Å². The number of halogens is 3. The molecule has 0 spiro atoms. The molecule has 6 nitrogen and oxygen atoms in total. The number of anilines is 3. The van der Waals surface area contributed by atoms with Gasteiger partial charge in [0.2, 0.25) is 5.95 Å². The van der Waals surface area contributed by atoms with Crippen molar-refractivity contribution in [3.05, 3.63) is 77.3 Å². The van der Waals surface area contributed by atoms with Crippen molar-refractivity contribution in [2.75, 3.05) is 10.6 Å². The Balaban J connectivity index is 1.39. The number of hydrogen-bond donors (Lipinski definition) is 3. The summed E-state index contributed by atoms with van der Waals surface area (Å²) in [5.41, 5.74) is 3.74. The molecule has 0 aliphatic heterocycles. The Bertz CT molecular complexity index is 1460. The van der Waals surface area contributed by atoms with E-state index in [4.69, 9.17) is 0 Å². The molecule has 0 saturated heterocycles. The van der Waals surface area contributed by atoms with Crippen LogP contribution in [0, 0.1) is 0 Å². The molecule has 2 heterocycles. The fourth-order valence-corrected chi connectivity index (χ4v) is 4.03. The first-order valence-electron chi connectivity index (χ1n) is 9.44. The summed E-state index contributed by atoms with van der Waals surface area (Å²) < 4.78 is 40.6. The maximum absolute atomic E-state index is 13.2. The first kappa shape index (κ1) is 20.0. The molecule has 160 valence electrons.